The molecule has 128 valence electrons. The third-order valence-corrected chi connectivity index (χ3v) is 4.77. The summed E-state index contributed by atoms with van der Waals surface area (Å²) in [5.74, 6) is 0.802. The third kappa shape index (κ3) is 2.75. The lowest BCUT2D eigenvalue weighted by molar-refractivity contribution is 0.0660. The molecule has 2 heterocycles. The van der Waals surface area contributed by atoms with Crippen LogP contribution in [0.25, 0.3) is 0 Å². The summed E-state index contributed by atoms with van der Waals surface area (Å²) in [6, 6.07) is 9.34. The molecule has 5 nitrogen and oxygen atoms in total. The monoisotopic (exact) mass is 329 g/mol. The molecule has 0 fully saturated rings. The van der Waals surface area contributed by atoms with Gasteiger partial charge in [-0.1, -0.05) is 19.1 Å². The zero-order chi connectivity index (χ0) is 17.5. The fourth-order valence-corrected chi connectivity index (χ4v) is 3.69. The van der Waals surface area contributed by atoms with Crippen molar-refractivity contribution in [2.24, 2.45) is 0 Å². The Bertz CT molecular complexity index is 762. The van der Waals surface area contributed by atoms with E-state index >= 15 is 0 Å². The highest BCUT2D eigenvalue weighted by molar-refractivity contribution is 5.84. The average Bonchev–Trinajstić information content (AvgIpc) is 2.99. The number of hydrogen-bond acceptors (Lipinski definition) is 4. The van der Waals surface area contributed by atoms with Crippen molar-refractivity contribution in [1.29, 1.82) is 0 Å². The first kappa shape index (κ1) is 16.4. The molecule has 0 spiro atoms. The topological polar surface area (TPSA) is 62.9 Å². The molecule has 0 saturated heterocycles. The average molecular weight is 329 g/mol. The second kappa shape index (κ2) is 5.89. The molecular formula is C19H23NO4. The zero-order valence-corrected chi connectivity index (χ0v) is 14.5. The van der Waals surface area contributed by atoms with Gasteiger partial charge in [-0.3, -0.25) is 0 Å². The van der Waals surface area contributed by atoms with Crippen molar-refractivity contribution in [2.45, 2.75) is 45.2 Å². The lowest BCUT2D eigenvalue weighted by Gasteiger charge is -2.47. The highest BCUT2D eigenvalue weighted by atomic mass is 16.5. The smallest absolute Gasteiger partial charge is 0.371 e. The molecule has 1 unspecified atom stereocenters. The van der Waals surface area contributed by atoms with E-state index in [4.69, 9.17) is 14.3 Å². The van der Waals surface area contributed by atoms with Crippen molar-refractivity contribution in [3.8, 4) is 5.75 Å². The van der Waals surface area contributed by atoms with Crippen molar-refractivity contribution < 1.29 is 19.1 Å². The van der Waals surface area contributed by atoms with E-state index in [1.165, 1.54) is 11.6 Å². The zero-order valence-electron chi connectivity index (χ0n) is 14.5. The van der Waals surface area contributed by atoms with E-state index in [0.29, 0.717) is 18.2 Å². The molecule has 3 rings (SSSR count). The summed E-state index contributed by atoms with van der Waals surface area (Å²) in [5.41, 5.74) is 2.22. The number of rotatable bonds is 4. The van der Waals surface area contributed by atoms with E-state index in [9.17, 15) is 4.79 Å². The van der Waals surface area contributed by atoms with Crippen molar-refractivity contribution in [3.05, 3.63) is 47.4 Å². The van der Waals surface area contributed by atoms with Crippen LogP contribution in [0.5, 0.6) is 5.75 Å². The van der Waals surface area contributed by atoms with Gasteiger partial charge in [-0.25, -0.2) is 4.79 Å². The molecule has 0 radical (unpaired) electrons. The maximum atomic E-state index is 11.0. The molecule has 1 aliphatic rings. The quantitative estimate of drug-likeness (QED) is 0.907. The van der Waals surface area contributed by atoms with Crippen LogP contribution in [0.15, 0.2) is 34.7 Å². The molecule has 1 N–H and O–H groups in total. The lowest BCUT2D eigenvalue weighted by atomic mass is 9.80. The number of carbonyl (C=O) groups is 1. The molecule has 5 heteroatoms. The van der Waals surface area contributed by atoms with Crippen LogP contribution in [0.3, 0.4) is 0 Å². The number of carboxylic acid groups (broad SMARTS) is 1. The molecule has 0 aliphatic carbocycles. The van der Waals surface area contributed by atoms with Crippen LogP contribution in [0.2, 0.25) is 0 Å². The van der Waals surface area contributed by atoms with Crippen LogP contribution in [0, 0.1) is 0 Å². The Labute approximate surface area is 141 Å². The first-order valence-electron chi connectivity index (χ1n) is 8.10. The maximum absolute atomic E-state index is 11.0. The van der Waals surface area contributed by atoms with Gasteiger partial charge in [0.2, 0.25) is 5.76 Å². The van der Waals surface area contributed by atoms with Gasteiger partial charge >= 0.3 is 5.97 Å². The standard InChI is InChI=1S/C19H23NO4/c1-12-10-19(2,3)20(11-13-8-9-16(24-13)18(21)22)17-14(12)6-5-7-15(17)23-4/h5-9,12H,10-11H2,1-4H3,(H,21,22). The van der Waals surface area contributed by atoms with Gasteiger partial charge in [0, 0.05) is 5.54 Å². The molecule has 24 heavy (non-hydrogen) atoms. The molecular weight excluding hydrogens is 306 g/mol. The molecule has 2 aromatic rings. The number of methoxy groups -OCH3 is 1. The summed E-state index contributed by atoms with van der Waals surface area (Å²) in [6.45, 7) is 7.12. The van der Waals surface area contributed by atoms with Crippen molar-refractivity contribution in [3.63, 3.8) is 0 Å². The summed E-state index contributed by atoms with van der Waals surface area (Å²) < 4.78 is 11.1. The van der Waals surface area contributed by atoms with E-state index in [2.05, 4.69) is 31.7 Å². The van der Waals surface area contributed by atoms with Gasteiger partial charge in [0.15, 0.2) is 0 Å². The summed E-state index contributed by atoms with van der Waals surface area (Å²) >= 11 is 0. The van der Waals surface area contributed by atoms with Gasteiger partial charge in [0.1, 0.15) is 11.5 Å². The molecule has 1 aromatic heterocycles. The minimum Gasteiger partial charge on any atom is -0.495 e. The number of carboxylic acids is 1. The number of benzene rings is 1. The fraction of sp³-hybridized carbons (Fsp3) is 0.421. The van der Waals surface area contributed by atoms with Crippen LogP contribution in [0.1, 0.15) is 55.0 Å². The van der Waals surface area contributed by atoms with Gasteiger partial charge in [-0.15, -0.1) is 0 Å². The van der Waals surface area contributed by atoms with Gasteiger partial charge in [-0.05, 0) is 49.9 Å². The van der Waals surface area contributed by atoms with Crippen molar-refractivity contribution in [2.75, 3.05) is 12.0 Å². The Balaban J connectivity index is 2.04. The van der Waals surface area contributed by atoms with Gasteiger partial charge in [0.25, 0.3) is 0 Å². The van der Waals surface area contributed by atoms with Crippen LogP contribution in [0.4, 0.5) is 5.69 Å². The highest BCUT2D eigenvalue weighted by Gasteiger charge is 2.38. The van der Waals surface area contributed by atoms with Crippen LogP contribution in [-0.2, 0) is 6.54 Å². The Morgan fingerprint density at radius 2 is 2.12 bits per heavy atom. The normalized spacial score (nSPS) is 19.0. The van der Waals surface area contributed by atoms with Crippen molar-refractivity contribution >= 4 is 11.7 Å². The first-order valence-corrected chi connectivity index (χ1v) is 8.10. The molecule has 1 aliphatic heterocycles. The Morgan fingerprint density at radius 1 is 1.38 bits per heavy atom. The number of fused-ring (bicyclic) bond motifs is 1. The number of ether oxygens (including phenoxy) is 1. The summed E-state index contributed by atoms with van der Waals surface area (Å²) in [4.78, 5) is 13.3. The second-order valence-corrected chi connectivity index (χ2v) is 6.97. The Hall–Kier alpha value is -2.43. The van der Waals surface area contributed by atoms with E-state index < -0.39 is 5.97 Å². The van der Waals surface area contributed by atoms with E-state index in [0.717, 1.165) is 17.9 Å². The number of anilines is 1. The first-order chi connectivity index (χ1) is 11.3. The SMILES string of the molecule is COc1cccc2c1N(Cc1ccc(C(=O)O)o1)C(C)(C)CC2C. The minimum atomic E-state index is -1.05. The molecule has 0 bridgehead atoms. The number of hydrogen-bond donors (Lipinski definition) is 1. The Kier molecular flexibility index (Phi) is 4.03. The summed E-state index contributed by atoms with van der Waals surface area (Å²) in [5, 5.41) is 9.05. The predicted molar refractivity (Wildman–Crippen MR) is 92.0 cm³/mol. The van der Waals surface area contributed by atoms with Crippen LogP contribution in [-0.4, -0.2) is 23.7 Å². The second-order valence-electron chi connectivity index (χ2n) is 6.97. The molecule has 1 atom stereocenters. The minimum absolute atomic E-state index is 0.0339. The van der Waals surface area contributed by atoms with Gasteiger partial charge < -0.3 is 19.2 Å². The number of nitrogens with zero attached hydrogens (tertiary/aromatic N) is 1. The third-order valence-electron chi connectivity index (χ3n) is 4.77. The molecule has 1 aromatic carbocycles. The van der Waals surface area contributed by atoms with Gasteiger partial charge in [0.05, 0.1) is 19.3 Å². The van der Waals surface area contributed by atoms with Gasteiger partial charge in [-0.2, -0.15) is 0 Å². The van der Waals surface area contributed by atoms with Crippen LogP contribution >= 0.6 is 0 Å². The molecule has 0 amide bonds. The Morgan fingerprint density at radius 3 is 2.75 bits per heavy atom. The number of furan rings is 1. The molecule has 0 saturated carbocycles. The highest BCUT2D eigenvalue weighted by Crippen LogP contribution is 2.48. The fourth-order valence-electron chi connectivity index (χ4n) is 3.69. The largest absolute Gasteiger partial charge is 0.495 e. The van der Waals surface area contributed by atoms with Crippen molar-refractivity contribution in [1.82, 2.24) is 0 Å². The number of aromatic carboxylic acids is 1. The van der Waals surface area contributed by atoms with E-state index in [-0.39, 0.29) is 11.3 Å². The summed E-state index contributed by atoms with van der Waals surface area (Å²) in [7, 11) is 1.68. The lowest BCUT2D eigenvalue weighted by Crippen LogP contribution is -2.47. The number of para-hydroxylation sites is 1. The van der Waals surface area contributed by atoms with E-state index in [1.807, 2.05) is 12.1 Å². The maximum Gasteiger partial charge on any atom is 0.371 e. The predicted octanol–water partition coefficient (Wildman–Crippen LogP) is 4.28. The van der Waals surface area contributed by atoms with E-state index in [1.54, 1.807) is 13.2 Å². The summed E-state index contributed by atoms with van der Waals surface area (Å²) in [6.07, 6.45) is 1.000. The van der Waals surface area contributed by atoms with Crippen LogP contribution < -0.4 is 9.64 Å².